The van der Waals surface area contributed by atoms with Crippen LogP contribution in [0.4, 0.5) is 5.69 Å². The number of nitrogens with one attached hydrogen (secondary N) is 1. The van der Waals surface area contributed by atoms with Crippen molar-refractivity contribution in [2.45, 2.75) is 34.2 Å². The Morgan fingerprint density at radius 2 is 2.04 bits per heavy atom. The maximum absolute atomic E-state index is 5.95. The average molecular weight is 427 g/mol. The smallest absolute Gasteiger partial charge is 0.193 e. The molecule has 0 amide bonds. The van der Waals surface area contributed by atoms with E-state index in [1.807, 2.05) is 29.8 Å². The van der Waals surface area contributed by atoms with E-state index >= 15 is 0 Å². The zero-order valence-electron chi connectivity index (χ0n) is 14.2. The van der Waals surface area contributed by atoms with Crippen LogP contribution in [-0.2, 0) is 6.54 Å². The molecular formula is C17H26IN5. The van der Waals surface area contributed by atoms with Gasteiger partial charge in [0.15, 0.2) is 5.96 Å². The van der Waals surface area contributed by atoms with Crippen LogP contribution < -0.4 is 11.1 Å². The van der Waals surface area contributed by atoms with Crippen molar-refractivity contribution in [2.24, 2.45) is 16.6 Å². The van der Waals surface area contributed by atoms with Crippen LogP contribution in [0.1, 0.15) is 23.9 Å². The van der Waals surface area contributed by atoms with Crippen LogP contribution in [0.2, 0.25) is 0 Å². The van der Waals surface area contributed by atoms with E-state index in [0.717, 1.165) is 17.9 Å². The van der Waals surface area contributed by atoms with Gasteiger partial charge >= 0.3 is 0 Å². The van der Waals surface area contributed by atoms with Gasteiger partial charge in [-0.2, -0.15) is 5.10 Å². The van der Waals surface area contributed by atoms with Crippen molar-refractivity contribution in [1.82, 2.24) is 9.78 Å². The van der Waals surface area contributed by atoms with E-state index < -0.39 is 0 Å². The second-order valence-electron chi connectivity index (χ2n) is 5.93. The zero-order valence-corrected chi connectivity index (χ0v) is 16.5. The molecule has 0 aliphatic rings. The van der Waals surface area contributed by atoms with Crippen molar-refractivity contribution in [2.75, 3.05) is 11.9 Å². The SMILES string of the molecule is Cc1cccc(NC(N)=NCC(C)Cn2nc(C)cc2C)c1.I. The van der Waals surface area contributed by atoms with Gasteiger partial charge in [0, 0.05) is 24.5 Å². The molecule has 0 aliphatic carbocycles. The first-order chi connectivity index (χ1) is 10.4. The molecule has 0 spiro atoms. The quantitative estimate of drug-likeness (QED) is 0.436. The fourth-order valence-electron chi connectivity index (χ4n) is 2.38. The Morgan fingerprint density at radius 3 is 2.65 bits per heavy atom. The van der Waals surface area contributed by atoms with E-state index in [4.69, 9.17) is 5.73 Å². The minimum absolute atomic E-state index is 0. The van der Waals surface area contributed by atoms with E-state index in [0.29, 0.717) is 18.4 Å². The predicted molar refractivity (Wildman–Crippen MR) is 108 cm³/mol. The molecule has 23 heavy (non-hydrogen) atoms. The molecule has 0 bridgehead atoms. The number of benzene rings is 1. The van der Waals surface area contributed by atoms with Crippen molar-refractivity contribution in [1.29, 1.82) is 0 Å². The second-order valence-corrected chi connectivity index (χ2v) is 5.93. The highest BCUT2D eigenvalue weighted by Crippen LogP contribution is 2.09. The summed E-state index contributed by atoms with van der Waals surface area (Å²) >= 11 is 0. The molecule has 1 aromatic carbocycles. The summed E-state index contributed by atoms with van der Waals surface area (Å²) in [5.41, 5.74) is 10.3. The lowest BCUT2D eigenvalue weighted by Crippen LogP contribution is -2.24. The van der Waals surface area contributed by atoms with Crippen molar-refractivity contribution in [3.8, 4) is 0 Å². The number of aryl methyl sites for hydroxylation is 3. The first kappa shape index (κ1) is 19.5. The number of rotatable bonds is 5. The molecule has 0 saturated heterocycles. The summed E-state index contributed by atoms with van der Waals surface area (Å²) in [6, 6.07) is 10.2. The number of guanidine groups is 1. The minimum atomic E-state index is 0. The Hall–Kier alpha value is -1.57. The number of aliphatic imine (C=N–C) groups is 1. The van der Waals surface area contributed by atoms with Gasteiger partial charge in [0.2, 0.25) is 0 Å². The largest absolute Gasteiger partial charge is 0.370 e. The van der Waals surface area contributed by atoms with Crippen LogP contribution in [0.3, 0.4) is 0 Å². The lowest BCUT2D eigenvalue weighted by Gasteiger charge is -2.12. The predicted octanol–water partition coefficient (Wildman–Crippen LogP) is 3.49. The lowest BCUT2D eigenvalue weighted by molar-refractivity contribution is 0.450. The third-order valence-corrected chi connectivity index (χ3v) is 3.45. The molecule has 2 aromatic rings. The highest BCUT2D eigenvalue weighted by molar-refractivity contribution is 14.0. The Bertz CT molecular complexity index is 663. The van der Waals surface area contributed by atoms with E-state index in [1.165, 1.54) is 11.3 Å². The minimum Gasteiger partial charge on any atom is -0.370 e. The summed E-state index contributed by atoms with van der Waals surface area (Å²) in [5.74, 6) is 0.821. The van der Waals surface area contributed by atoms with Crippen molar-refractivity contribution in [3.05, 3.63) is 47.3 Å². The Kier molecular flexibility index (Phi) is 7.54. The molecule has 126 valence electrons. The van der Waals surface area contributed by atoms with Gasteiger partial charge in [-0.25, -0.2) is 0 Å². The maximum atomic E-state index is 5.95. The monoisotopic (exact) mass is 427 g/mol. The third kappa shape index (κ3) is 6.21. The first-order valence-corrected chi connectivity index (χ1v) is 7.58. The Balaban J connectivity index is 0.00000264. The van der Waals surface area contributed by atoms with Gasteiger partial charge in [-0.15, -0.1) is 24.0 Å². The average Bonchev–Trinajstić information content (AvgIpc) is 2.74. The standard InChI is InChI=1S/C17H25N5.HI/c1-12-6-5-7-16(8-12)20-17(18)19-10-13(2)11-22-15(4)9-14(3)21-22;/h5-9,13H,10-11H2,1-4H3,(H3,18,19,20);1H. The summed E-state index contributed by atoms with van der Waals surface area (Å²) in [7, 11) is 0. The molecular weight excluding hydrogens is 401 g/mol. The van der Waals surface area contributed by atoms with E-state index in [9.17, 15) is 0 Å². The molecule has 1 atom stereocenters. The molecule has 1 aromatic heterocycles. The molecule has 0 aliphatic heterocycles. The maximum Gasteiger partial charge on any atom is 0.193 e. The summed E-state index contributed by atoms with van der Waals surface area (Å²) in [6.45, 7) is 9.80. The molecule has 0 radical (unpaired) electrons. The van der Waals surface area contributed by atoms with Crippen LogP contribution in [0, 0.1) is 26.7 Å². The van der Waals surface area contributed by atoms with E-state index in [2.05, 4.69) is 48.3 Å². The summed E-state index contributed by atoms with van der Waals surface area (Å²) in [4.78, 5) is 4.42. The van der Waals surface area contributed by atoms with Crippen LogP contribution in [0.5, 0.6) is 0 Å². The van der Waals surface area contributed by atoms with Gasteiger partial charge in [0.05, 0.1) is 5.69 Å². The third-order valence-electron chi connectivity index (χ3n) is 3.45. The van der Waals surface area contributed by atoms with Crippen LogP contribution >= 0.6 is 24.0 Å². The van der Waals surface area contributed by atoms with Crippen molar-refractivity contribution in [3.63, 3.8) is 0 Å². The molecule has 0 fully saturated rings. The fraction of sp³-hybridized carbons (Fsp3) is 0.412. The number of nitrogens with zero attached hydrogens (tertiary/aromatic N) is 3. The number of nitrogens with two attached hydrogens (primary N) is 1. The molecule has 0 saturated carbocycles. The van der Waals surface area contributed by atoms with Crippen molar-refractivity contribution < 1.29 is 0 Å². The van der Waals surface area contributed by atoms with Gasteiger partial charge in [0.25, 0.3) is 0 Å². The number of halogens is 1. The van der Waals surface area contributed by atoms with Crippen LogP contribution in [-0.4, -0.2) is 22.3 Å². The van der Waals surface area contributed by atoms with E-state index in [1.54, 1.807) is 0 Å². The lowest BCUT2D eigenvalue weighted by atomic mass is 10.2. The molecule has 2 rings (SSSR count). The highest BCUT2D eigenvalue weighted by atomic mass is 127. The van der Waals surface area contributed by atoms with Gasteiger partial charge in [-0.3, -0.25) is 9.67 Å². The van der Waals surface area contributed by atoms with Crippen LogP contribution in [0.15, 0.2) is 35.3 Å². The number of hydrogen-bond acceptors (Lipinski definition) is 2. The number of anilines is 1. The van der Waals surface area contributed by atoms with Crippen LogP contribution in [0.25, 0.3) is 0 Å². The summed E-state index contributed by atoms with van der Waals surface area (Å²) in [6.07, 6.45) is 0. The Labute approximate surface area is 155 Å². The molecule has 1 heterocycles. The van der Waals surface area contributed by atoms with Gasteiger partial charge in [-0.1, -0.05) is 19.1 Å². The Morgan fingerprint density at radius 1 is 1.30 bits per heavy atom. The van der Waals surface area contributed by atoms with Gasteiger partial charge in [-0.05, 0) is 50.5 Å². The normalized spacial score (nSPS) is 12.6. The van der Waals surface area contributed by atoms with E-state index in [-0.39, 0.29) is 24.0 Å². The van der Waals surface area contributed by atoms with Gasteiger partial charge in [0.1, 0.15) is 0 Å². The number of aromatic nitrogens is 2. The van der Waals surface area contributed by atoms with Gasteiger partial charge < -0.3 is 11.1 Å². The topological polar surface area (TPSA) is 68.2 Å². The molecule has 3 N–H and O–H groups in total. The highest BCUT2D eigenvalue weighted by Gasteiger charge is 2.07. The fourth-order valence-corrected chi connectivity index (χ4v) is 2.38. The van der Waals surface area contributed by atoms with Crippen molar-refractivity contribution >= 4 is 35.6 Å². The summed E-state index contributed by atoms with van der Waals surface area (Å²) < 4.78 is 2.03. The second kappa shape index (κ2) is 8.90. The zero-order chi connectivity index (χ0) is 16.1. The molecule has 5 nitrogen and oxygen atoms in total. The first-order valence-electron chi connectivity index (χ1n) is 7.58. The number of hydrogen-bond donors (Lipinski definition) is 2. The summed E-state index contributed by atoms with van der Waals surface area (Å²) in [5, 5.41) is 7.60. The molecule has 6 heteroatoms. The molecule has 1 unspecified atom stereocenters.